The summed E-state index contributed by atoms with van der Waals surface area (Å²) in [4.78, 5) is 37.5. The number of carboxylic acid groups (broad SMARTS) is 1. The number of imidazole rings is 1. The molecule has 0 saturated carbocycles. The molecular weight excluding hydrogens is 534 g/mol. The van der Waals surface area contributed by atoms with E-state index in [1.807, 2.05) is 13.0 Å². The maximum absolute atomic E-state index is 13.0. The van der Waals surface area contributed by atoms with Crippen LogP contribution < -0.4 is 5.73 Å². The highest BCUT2D eigenvalue weighted by molar-refractivity contribution is 6.28. The molecule has 0 bridgehead atoms. The average molecular weight is 560 g/mol. The number of esters is 1. The number of nitrogen functional groups attached to an aromatic ring is 1. The van der Waals surface area contributed by atoms with Crippen LogP contribution in [-0.2, 0) is 30.2 Å². The third-order valence-electron chi connectivity index (χ3n) is 6.41. The fourth-order valence-electron chi connectivity index (χ4n) is 4.40. The van der Waals surface area contributed by atoms with Crippen molar-refractivity contribution in [2.24, 2.45) is 0 Å². The molecule has 1 aliphatic rings. The molecule has 0 amide bonds. The van der Waals surface area contributed by atoms with E-state index in [0.717, 1.165) is 5.56 Å². The summed E-state index contributed by atoms with van der Waals surface area (Å²) in [6, 6.07) is 6.86. The van der Waals surface area contributed by atoms with Crippen molar-refractivity contribution in [2.45, 2.75) is 49.9 Å². The van der Waals surface area contributed by atoms with Gasteiger partial charge in [0.25, 0.3) is 5.60 Å². The molecule has 5 atom stereocenters. The quantitative estimate of drug-likeness (QED) is 0.124. The molecule has 3 heterocycles. The molecule has 206 valence electrons. The summed E-state index contributed by atoms with van der Waals surface area (Å²) < 4.78 is 17.9. The molecule has 0 spiro atoms. The minimum atomic E-state index is -2.51. The van der Waals surface area contributed by atoms with Crippen LogP contribution in [0.2, 0.25) is 5.28 Å². The predicted octanol–water partition coefficient (Wildman–Crippen LogP) is 0.639. The Balaban J connectivity index is 1.68. The Labute approximate surface area is 227 Å². The van der Waals surface area contributed by atoms with Crippen LogP contribution in [0.3, 0.4) is 0 Å². The van der Waals surface area contributed by atoms with Gasteiger partial charge in [-0.25, -0.2) is 14.6 Å². The molecular formula is C25H26ClN5O8. The summed E-state index contributed by atoms with van der Waals surface area (Å²) in [6.07, 6.45) is 1.79. The number of nitrogens with zero attached hydrogens (tertiary/aromatic N) is 4. The largest absolute Gasteiger partial charge is 0.479 e. The fraction of sp³-hybridized carbons (Fsp3) is 0.400. The lowest BCUT2D eigenvalue weighted by molar-refractivity contribution is -0.194. The number of nitrogens with two attached hydrogens (primary N) is 1. The van der Waals surface area contributed by atoms with Crippen molar-refractivity contribution < 1.29 is 39.1 Å². The number of fused-ring (bicyclic) bond motifs is 1. The number of hydrogen-bond acceptors (Lipinski definition) is 11. The summed E-state index contributed by atoms with van der Waals surface area (Å²) in [6.45, 7) is 2.51. The van der Waals surface area contributed by atoms with Gasteiger partial charge in [0.1, 0.15) is 17.7 Å². The molecule has 13 nitrogen and oxygen atoms in total. The molecule has 1 unspecified atom stereocenters. The SMILES string of the molecule is C#C[C@@]1(O)[C@@H](COC(Cc2cccc(C)c2)(C(=O)O)C(=O)OCC)O[C@@H](n2cnc3c(N)nc(Cl)nc32)[C@@H]1O. The van der Waals surface area contributed by atoms with Crippen LogP contribution in [0.1, 0.15) is 24.3 Å². The number of halogens is 1. The van der Waals surface area contributed by atoms with Crippen molar-refractivity contribution in [3.8, 4) is 12.3 Å². The van der Waals surface area contributed by atoms with Gasteiger partial charge in [-0.05, 0) is 31.0 Å². The Morgan fingerprint density at radius 1 is 1.38 bits per heavy atom. The van der Waals surface area contributed by atoms with Crippen LogP contribution in [0.25, 0.3) is 11.2 Å². The average Bonchev–Trinajstić information content (AvgIpc) is 3.41. The number of aryl methyl sites for hydroxylation is 1. The van der Waals surface area contributed by atoms with Crippen molar-refractivity contribution in [3.05, 3.63) is 47.0 Å². The summed E-state index contributed by atoms with van der Waals surface area (Å²) in [5.41, 5.74) is 2.53. The van der Waals surface area contributed by atoms with E-state index in [1.54, 1.807) is 18.2 Å². The summed E-state index contributed by atoms with van der Waals surface area (Å²) in [5.74, 6) is -0.701. The van der Waals surface area contributed by atoms with Crippen molar-refractivity contribution in [1.29, 1.82) is 0 Å². The van der Waals surface area contributed by atoms with Crippen molar-refractivity contribution in [2.75, 3.05) is 18.9 Å². The minimum Gasteiger partial charge on any atom is -0.479 e. The molecule has 3 aromatic rings. The first kappa shape index (κ1) is 28.2. The highest BCUT2D eigenvalue weighted by Crippen LogP contribution is 2.39. The van der Waals surface area contributed by atoms with Gasteiger partial charge in [0.05, 0.1) is 19.5 Å². The molecule has 4 rings (SSSR count). The van der Waals surface area contributed by atoms with Gasteiger partial charge < -0.3 is 35.3 Å². The zero-order valence-corrected chi connectivity index (χ0v) is 21.7. The van der Waals surface area contributed by atoms with Crippen LogP contribution in [0.5, 0.6) is 0 Å². The van der Waals surface area contributed by atoms with E-state index in [4.69, 9.17) is 38.0 Å². The standard InChI is InChI=1S/C25H26ClN5O8/c1-4-24(36)15(39-20(17(24)32)31-12-28-16-18(27)29-23(26)30-19(16)31)11-38-25(21(33)34,22(35)37-5-2)10-14-8-6-7-13(3)9-14/h1,6-9,12,15,17,20,32,36H,5,10-11H2,2-3H3,(H,33,34)(H2,27,29,30)/t15-,17+,20-,24-,25?/m1/s1. The number of benzene rings is 1. The monoisotopic (exact) mass is 559 g/mol. The Bertz CT molecular complexity index is 1460. The third-order valence-corrected chi connectivity index (χ3v) is 6.58. The van der Waals surface area contributed by atoms with E-state index in [9.17, 15) is 24.9 Å². The van der Waals surface area contributed by atoms with Crippen LogP contribution in [-0.4, -0.2) is 83.4 Å². The number of hydrogen-bond donors (Lipinski definition) is 4. The number of carbonyl (C=O) groups excluding carboxylic acids is 1. The highest BCUT2D eigenvalue weighted by Gasteiger charge is 2.58. The van der Waals surface area contributed by atoms with Gasteiger partial charge >= 0.3 is 11.9 Å². The summed E-state index contributed by atoms with van der Waals surface area (Å²) >= 11 is 5.92. The zero-order chi connectivity index (χ0) is 28.5. The first-order valence-electron chi connectivity index (χ1n) is 11.8. The number of carboxylic acids is 1. The van der Waals surface area contributed by atoms with E-state index >= 15 is 0 Å². The van der Waals surface area contributed by atoms with Gasteiger partial charge in [0, 0.05) is 6.42 Å². The van der Waals surface area contributed by atoms with E-state index in [-0.39, 0.29) is 28.9 Å². The lowest BCUT2D eigenvalue weighted by atomic mass is 9.91. The minimum absolute atomic E-state index is 0.0276. The Kier molecular flexibility index (Phi) is 7.78. The van der Waals surface area contributed by atoms with Crippen LogP contribution in [0.15, 0.2) is 30.6 Å². The van der Waals surface area contributed by atoms with Crippen molar-refractivity contribution in [1.82, 2.24) is 19.5 Å². The number of aromatic nitrogens is 4. The Hall–Kier alpha value is -3.80. The molecule has 0 aliphatic carbocycles. The molecule has 0 radical (unpaired) electrons. The maximum Gasteiger partial charge on any atom is 0.350 e. The number of aliphatic carboxylic acids is 1. The maximum atomic E-state index is 13.0. The Morgan fingerprint density at radius 2 is 2.13 bits per heavy atom. The van der Waals surface area contributed by atoms with E-state index in [2.05, 4.69) is 20.9 Å². The predicted molar refractivity (Wildman–Crippen MR) is 136 cm³/mol. The van der Waals surface area contributed by atoms with Crippen molar-refractivity contribution >= 4 is 40.5 Å². The third kappa shape index (κ3) is 5.00. The second kappa shape index (κ2) is 10.8. The van der Waals surface area contributed by atoms with Crippen molar-refractivity contribution in [3.63, 3.8) is 0 Å². The van der Waals surface area contributed by atoms with Gasteiger partial charge in [0.15, 0.2) is 23.3 Å². The molecule has 2 aromatic heterocycles. The molecule has 5 N–H and O–H groups in total. The van der Waals surface area contributed by atoms with Gasteiger partial charge in [-0.2, -0.15) is 9.97 Å². The van der Waals surface area contributed by atoms with E-state index in [1.165, 1.54) is 17.8 Å². The molecule has 14 heteroatoms. The number of anilines is 1. The number of carbonyl (C=O) groups is 2. The molecule has 1 aliphatic heterocycles. The normalized spacial score (nSPS) is 24.3. The van der Waals surface area contributed by atoms with E-state index < -0.39 is 54.6 Å². The van der Waals surface area contributed by atoms with Crippen LogP contribution in [0.4, 0.5) is 5.82 Å². The molecule has 1 fully saturated rings. The number of rotatable bonds is 9. The molecule has 1 aromatic carbocycles. The number of ether oxygens (including phenoxy) is 3. The number of terminal acetylenes is 1. The lowest BCUT2D eigenvalue weighted by Crippen LogP contribution is -2.55. The second-order valence-electron chi connectivity index (χ2n) is 8.96. The van der Waals surface area contributed by atoms with Gasteiger partial charge in [0.2, 0.25) is 5.28 Å². The van der Waals surface area contributed by atoms with Gasteiger partial charge in [-0.1, -0.05) is 35.7 Å². The first-order chi connectivity index (χ1) is 18.5. The second-order valence-corrected chi connectivity index (χ2v) is 9.30. The lowest BCUT2D eigenvalue weighted by Gasteiger charge is -2.31. The summed E-state index contributed by atoms with van der Waals surface area (Å²) in [5, 5.41) is 32.2. The topological polar surface area (TPSA) is 192 Å². The van der Waals surface area contributed by atoms with Gasteiger partial charge in [-0.15, -0.1) is 6.42 Å². The fourth-order valence-corrected chi connectivity index (χ4v) is 4.57. The Morgan fingerprint density at radius 3 is 2.77 bits per heavy atom. The highest BCUT2D eigenvalue weighted by atomic mass is 35.5. The van der Waals surface area contributed by atoms with Crippen LogP contribution >= 0.6 is 11.6 Å². The smallest absolute Gasteiger partial charge is 0.350 e. The summed E-state index contributed by atoms with van der Waals surface area (Å²) in [7, 11) is 0. The zero-order valence-electron chi connectivity index (χ0n) is 20.9. The van der Waals surface area contributed by atoms with Crippen LogP contribution in [0, 0.1) is 19.3 Å². The number of aliphatic hydroxyl groups excluding tert-OH is 1. The molecule has 39 heavy (non-hydrogen) atoms. The number of aliphatic hydroxyl groups is 2. The molecule has 1 saturated heterocycles. The first-order valence-corrected chi connectivity index (χ1v) is 12.1. The van der Waals surface area contributed by atoms with Gasteiger partial charge in [-0.3, -0.25) is 4.57 Å². The van der Waals surface area contributed by atoms with E-state index in [0.29, 0.717) is 5.56 Å².